The minimum Gasteiger partial charge on any atom is -0.387 e. The van der Waals surface area contributed by atoms with E-state index in [0.29, 0.717) is 5.56 Å². The van der Waals surface area contributed by atoms with Crippen molar-refractivity contribution in [2.24, 2.45) is 0 Å². The third-order valence-corrected chi connectivity index (χ3v) is 4.90. The number of hydrogen-bond donors (Lipinski definition) is 2. The number of nitrogens with zero attached hydrogens (tertiary/aromatic N) is 2. The molecule has 23 heavy (non-hydrogen) atoms. The van der Waals surface area contributed by atoms with E-state index in [0.717, 1.165) is 39.1 Å². The topological polar surface area (TPSA) is 55.8 Å². The van der Waals surface area contributed by atoms with E-state index in [1.165, 1.54) is 12.1 Å². The maximum absolute atomic E-state index is 13.4. The van der Waals surface area contributed by atoms with Crippen molar-refractivity contribution in [3.05, 3.63) is 34.6 Å². The summed E-state index contributed by atoms with van der Waals surface area (Å²) < 4.78 is 13.4. The van der Waals surface area contributed by atoms with Crippen molar-refractivity contribution < 1.29 is 14.3 Å². The number of benzene rings is 1. The third kappa shape index (κ3) is 3.83. The predicted molar refractivity (Wildman–Crippen MR) is 85.8 cm³/mol. The molecular formula is C16H21ClFN3O2. The lowest BCUT2D eigenvalue weighted by Crippen LogP contribution is -2.57. The summed E-state index contributed by atoms with van der Waals surface area (Å²) in [5, 5.41) is 12.9. The van der Waals surface area contributed by atoms with Gasteiger partial charge >= 0.3 is 0 Å². The van der Waals surface area contributed by atoms with Crippen LogP contribution >= 0.6 is 11.6 Å². The van der Waals surface area contributed by atoms with E-state index < -0.39 is 11.9 Å². The average Bonchev–Trinajstić information content (AvgIpc) is 2.90. The maximum atomic E-state index is 13.4. The molecule has 0 saturated carbocycles. The van der Waals surface area contributed by atoms with Crippen LogP contribution in [0.5, 0.6) is 0 Å². The fraction of sp³-hybridized carbons (Fsp3) is 0.562. The highest BCUT2D eigenvalue weighted by atomic mass is 35.5. The first-order chi connectivity index (χ1) is 11.0. The second-order valence-corrected chi connectivity index (χ2v) is 6.55. The highest BCUT2D eigenvalue weighted by Crippen LogP contribution is 2.20. The first-order valence-corrected chi connectivity index (χ1v) is 8.29. The van der Waals surface area contributed by atoms with Gasteiger partial charge in [-0.2, -0.15) is 0 Å². The minimum absolute atomic E-state index is 0.0151. The van der Waals surface area contributed by atoms with Crippen LogP contribution in [0.2, 0.25) is 5.02 Å². The van der Waals surface area contributed by atoms with Gasteiger partial charge in [0.05, 0.1) is 11.1 Å². The summed E-state index contributed by atoms with van der Waals surface area (Å²) >= 11 is 5.63. The number of amides is 1. The molecule has 0 radical (unpaired) electrons. The van der Waals surface area contributed by atoms with Crippen LogP contribution in [0.4, 0.5) is 4.39 Å². The molecule has 0 spiro atoms. The summed E-state index contributed by atoms with van der Waals surface area (Å²) in [4.78, 5) is 16.9. The Hall–Kier alpha value is -1.21. The zero-order valence-electron chi connectivity index (χ0n) is 12.8. The molecule has 3 fully saturated rings. The van der Waals surface area contributed by atoms with Gasteiger partial charge < -0.3 is 10.4 Å². The summed E-state index contributed by atoms with van der Waals surface area (Å²) in [6, 6.07) is 3.99. The number of aliphatic hydroxyl groups is 1. The molecule has 4 atom stereocenters. The normalized spacial score (nSPS) is 28.2. The maximum Gasteiger partial charge on any atom is 0.238 e. The molecule has 1 aromatic carbocycles. The summed E-state index contributed by atoms with van der Waals surface area (Å²) in [5.41, 5.74) is 0.402. The lowest BCUT2D eigenvalue weighted by molar-refractivity contribution is -0.128. The first-order valence-electron chi connectivity index (χ1n) is 7.92. The number of fused-ring (bicyclic) bond motifs is 4. The number of halogens is 2. The van der Waals surface area contributed by atoms with Gasteiger partial charge in [-0.05, 0) is 30.7 Å². The SMILES string of the molecule is O=C(NCC(O)c1ccc(Cl)c(F)c1)C1CN2CCCN1CC2. The van der Waals surface area contributed by atoms with Gasteiger partial charge in [-0.15, -0.1) is 0 Å². The first kappa shape index (κ1) is 16.6. The molecule has 0 aliphatic carbocycles. The van der Waals surface area contributed by atoms with Gasteiger partial charge in [-0.1, -0.05) is 17.7 Å². The molecule has 4 rings (SSSR count). The number of rotatable bonds is 4. The zero-order valence-corrected chi connectivity index (χ0v) is 13.6. The van der Waals surface area contributed by atoms with Crippen molar-refractivity contribution in [1.29, 1.82) is 0 Å². The molecule has 1 amide bonds. The largest absolute Gasteiger partial charge is 0.387 e. The highest BCUT2D eigenvalue weighted by Gasteiger charge is 2.34. The van der Waals surface area contributed by atoms with Crippen LogP contribution in [-0.2, 0) is 4.79 Å². The smallest absolute Gasteiger partial charge is 0.238 e. The summed E-state index contributed by atoms with van der Waals surface area (Å²) in [5.74, 6) is -0.653. The van der Waals surface area contributed by atoms with E-state index in [1.807, 2.05) is 0 Å². The number of carbonyl (C=O) groups excluding carboxylic acids is 1. The van der Waals surface area contributed by atoms with Crippen molar-refractivity contribution in [3.8, 4) is 0 Å². The number of carbonyl (C=O) groups is 1. The molecule has 3 heterocycles. The standard InChI is InChI=1S/C16H21ClFN3O2/c17-12-3-2-11(8-13(12)18)15(22)9-19-16(23)14-10-20-4-1-5-21(14)7-6-20/h2-3,8,14-15,22H,1,4-7,9-10H2,(H,19,23). The molecule has 3 aliphatic rings. The monoisotopic (exact) mass is 341 g/mol. The van der Waals surface area contributed by atoms with Crippen LogP contribution in [0.1, 0.15) is 18.1 Å². The fourth-order valence-electron chi connectivity index (χ4n) is 3.25. The molecule has 5 nitrogen and oxygen atoms in total. The van der Waals surface area contributed by atoms with Crippen molar-refractivity contribution in [2.45, 2.75) is 18.6 Å². The summed E-state index contributed by atoms with van der Waals surface area (Å²) in [6.07, 6.45) is 0.125. The Labute approximate surface area is 140 Å². The van der Waals surface area contributed by atoms with Crippen molar-refractivity contribution >= 4 is 17.5 Å². The Morgan fingerprint density at radius 3 is 3.00 bits per heavy atom. The molecule has 4 unspecified atom stereocenters. The molecule has 126 valence electrons. The van der Waals surface area contributed by atoms with Gasteiger partial charge in [-0.3, -0.25) is 14.6 Å². The highest BCUT2D eigenvalue weighted by molar-refractivity contribution is 6.30. The second-order valence-electron chi connectivity index (χ2n) is 6.14. The van der Waals surface area contributed by atoms with E-state index in [9.17, 15) is 14.3 Å². The van der Waals surface area contributed by atoms with Gasteiger partial charge in [0, 0.05) is 32.7 Å². The number of piperazine rings is 1. The van der Waals surface area contributed by atoms with Gasteiger partial charge in [0.2, 0.25) is 5.91 Å². The van der Waals surface area contributed by atoms with Crippen LogP contribution in [0.25, 0.3) is 0 Å². The molecule has 1 aromatic rings. The van der Waals surface area contributed by atoms with E-state index in [1.54, 1.807) is 6.07 Å². The van der Waals surface area contributed by atoms with Crippen LogP contribution in [0, 0.1) is 5.82 Å². The molecule has 3 saturated heterocycles. The van der Waals surface area contributed by atoms with Crippen molar-refractivity contribution in [3.63, 3.8) is 0 Å². The summed E-state index contributed by atoms with van der Waals surface area (Å²) in [6.45, 7) is 4.67. The Kier molecular flexibility index (Phi) is 5.16. The van der Waals surface area contributed by atoms with Crippen molar-refractivity contribution in [1.82, 2.24) is 15.1 Å². The van der Waals surface area contributed by atoms with Crippen LogP contribution < -0.4 is 5.32 Å². The van der Waals surface area contributed by atoms with E-state index in [-0.39, 0.29) is 23.5 Å². The molecule has 0 aromatic heterocycles. The van der Waals surface area contributed by atoms with Crippen LogP contribution in [0.3, 0.4) is 0 Å². The quantitative estimate of drug-likeness (QED) is 0.858. The van der Waals surface area contributed by atoms with Gasteiger partial charge in [0.1, 0.15) is 11.9 Å². The minimum atomic E-state index is -0.955. The Morgan fingerprint density at radius 2 is 2.22 bits per heavy atom. The predicted octanol–water partition coefficient (Wildman–Crippen LogP) is 1.02. The van der Waals surface area contributed by atoms with Crippen LogP contribution in [-0.4, -0.2) is 66.1 Å². The number of nitrogens with one attached hydrogen (secondary N) is 1. The lowest BCUT2D eigenvalue weighted by Gasteiger charge is -2.36. The Balaban J connectivity index is 1.57. The Morgan fingerprint density at radius 1 is 1.39 bits per heavy atom. The van der Waals surface area contributed by atoms with E-state index in [4.69, 9.17) is 11.6 Å². The molecular weight excluding hydrogens is 321 g/mol. The molecule has 2 N–H and O–H groups in total. The third-order valence-electron chi connectivity index (χ3n) is 4.60. The number of aliphatic hydroxyl groups excluding tert-OH is 1. The fourth-order valence-corrected chi connectivity index (χ4v) is 3.36. The van der Waals surface area contributed by atoms with Gasteiger partial charge in [0.25, 0.3) is 0 Å². The summed E-state index contributed by atoms with van der Waals surface area (Å²) in [7, 11) is 0. The molecule has 2 bridgehead atoms. The average molecular weight is 342 g/mol. The van der Waals surface area contributed by atoms with Gasteiger partial charge in [0.15, 0.2) is 0 Å². The Bertz CT molecular complexity index is 582. The second kappa shape index (κ2) is 7.13. The molecule has 3 aliphatic heterocycles. The van der Waals surface area contributed by atoms with Crippen LogP contribution in [0.15, 0.2) is 18.2 Å². The number of hydrogen-bond acceptors (Lipinski definition) is 4. The zero-order chi connectivity index (χ0) is 16.4. The van der Waals surface area contributed by atoms with Crippen molar-refractivity contribution in [2.75, 3.05) is 39.3 Å². The van der Waals surface area contributed by atoms with E-state index >= 15 is 0 Å². The molecule has 7 heteroatoms. The van der Waals surface area contributed by atoms with Gasteiger partial charge in [-0.25, -0.2) is 4.39 Å². The lowest BCUT2D eigenvalue weighted by atomic mass is 10.1. The van der Waals surface area contributed by atoms with E-state index in [2.05, 4.69) is 15.1 Å².